The molecule has 0 spiro atoms. The van der Waals surface area contributed by atoms with E-state index in [1.165, 1.54) is 11.8 Å². The summed E-state index contributed by atoms with van der Waals surface area (Å²) >= 11 is 1.48. The van der Waals surface area contributed by atoms with Gasteiger partial charge in [0.1, 0.15) is 5.69 Å². The van der Waals surface area contributed by atoms with Crippen molar-refractivity contribution in [3.63, 3.8) is 0 Å². The second-order valence-electron chi connectivity index (χ2n) is 11.6. The summed E-state index contributed by atoms with van der Waals surface area (Å²) in [5.74, 6) is 1.24. The van der Waals surface area contributed by atoms with Crippen molar-refractivity contribution in [3.8, 4) is 22.6 Å². The number of thioether (sulfide) groups is 1. The Kier molecular flexibility index (Phi) is 9.92. The number of oxazole rings is 1. The summed E-state index contributed by atoms with van der Waals surface area (Å²) in [4.78, 5) is 5.08. The van der Waals surface area contributed by atoms with Crippen molar-refractivity contribution in [1.82, 2.24) is 4.98 Å². The summed E-state index contributed by atoms with van der Waals surface area (Å²) in [5, 5.41) is 10.1. The smallest absolute Gasteiger partial charge is 0.261 e. The summed E-state index contributed by atoms with van der Waals surface area (Å²) in [7, 11) is -3.79. The Bertz CT molecular complexity index is 2030. The molecular weight excluding hydrogens is 657 g/mol. The molecule has 7 rings (SSSR count). The Hall–Kier alpha value is -4.71. The highest BCUT2D eigenvalue weighted by Crippen LogP contribution is 2.41. The van der Waals surface area contributed by atoms with Gasteiger partial charge in [-0.2, -0.15) is 0 Å². The third kappa shape index (κ3) is 7.80. The summed E-state index contributed by atoms with van der Waals surface area (Å²) in [6.07, 6.45) is -0.776. The van der Waals surface area contributed by atoms with Crippen molar-refractivity contribution in [2.24, 2.45) is 0 Å². The molecule has 3 atom stereocenters. The van der Waals surface area contributed by atoms with Gasteiger partial charge in [-0.05, 0) is 35.4 Å². The van der Waals surface area contributed by atoms with E-state index in [-0.39, 0.29) is 23.7 Å². The molecule has 1 aromatic heterocycles. The number of hydrogen-bond donors (Lipinski definition) is 2. The van der Waals surface area contributed by atoms with Crippen LogP contribution in [-0.2, 0) is 26.1 Å². The lowest BCUT2D eigenvalue weighted by molar-refractivity contribution is -0.245. The Morgan fingerprint density at radius 1 is 0.755 bits per heavy atom. The molecule has 1 aliphatic rings. The van der Waals surface area contributed by atoms with E-state index in [9.17, 15) is 13.5 Å². The molecule has 0 aliphatic carbocycles. The van der Waals surface area contributed by atoms with Crippen molar-refractivity contribution in [3.05, 3.63) is 156 Å². The summed E-state index contributed by atoms with van der Waals surface area (Å²) in [5.41, 5.74) is 5.52. The van der Waals surface area contributed by atoms with Gasteiger partial charge in [0.2, 0.25) is 0 Å². The van der Waals surface area contributed by atoms with Crippen molar-refractivity contribution >= 4 is 27.5 Å². The molecule has 0 radical (unpaired) electrons. The first-order valence-electron chi connectivity index (χ1n) is 15.9. The van der Waals surface area contributed by atoms with Gasteiger partial charge in [-0.1, -0.05) is 127 Å². The number of nitrogens with zero attached hydrogens (tertiary/aromatic N) is 1. The number of benzene rings is 5. The summed E-state index contributed by atoms with van der Waals surface area (Å²) in [6, 6.07) is 42.9. The van der Waals surface area contributed by atoms with E-state index in [0.717, 1.165) is 27.9 Å². The van der Waals surface area contributed by atoms with Crippen LogP contribution in [-0.4, -0.2) is 30.4 Å². The maximum atomic E-state index is 13.0. The first-order valence-corrected chi connectivity index (χ1v) is 18.3. The number of nitrogens with one attached hydrogen (secondary N) is 1. The van der Waals surface area contributed by atoms with E-state index in [1.807, 2.05) is 91.0 Å². The minimum absolute atomic E-state index is 0.0471. The predicted octanol–water partition coefficient (Wildman–Crippen LogP) is 8.64. The normalized spacial score (nSPS) is 17.9. The fourth-order valence-electron chi connectivity index (χ4n) is 5.69. The average Bonchev–Trinajstić information content (AvgIpc) is 3.59. The Morgan fingerprint density at radius 3 is 2.12 bits per heavy atom. The van der Waals surface area contributed by atoms with Crippen LogP contribution in [0.3, 0.4) is 0 Å². The number of sulfonamides is 1. The molecule has 3 unspecified atom stereocenters. The van der Waals surface area contributed by atoms with Crippen molar-refractivity contribution in [2.45, 2.75) is 41.6 Å². The highest BCUT2D eigenvalue weighted by molar-refractivity contribution is 7.99. The van der Waals surface area contributed by atoms with Gasteiger partial charge in [-0.25, -0.2) is 13.4 Å². The lowest BCUT2D eigenvalue weighted by Crippen LogP contribution is -2.31. The van der Waals surface area contributed by atoms with Crippen LogP contribution in [0.15, 0.2) is 154 Å². The zero-order valence-electron chi connectivity index (χ0n) is 26.4. The van der Waals surface area contributed by atoms with Gasteiger partial charge in [0.25, 0.3) is 15.2 Å². The first-order chi connectivity index (χ1) is 23.9. The largest absolute Gasteiger partial charge is 0.431 e. The fraction of sp³-hybridized carbons (Fsp3) is 0.154. The molecule has 49 heavy (non-hydrogen) atoms. The van der Waals surface area contributed by atoms with E-state index < -0.39 is 16.3 Å². The molecule has 6 aromatic rings. The molecule has 8 nitrogen and oxygen atoms in total. The SMILES string of the molecule is O=S(=O)(Nc1cccc(C2OC(CSc3nc(-c4ccccc4)c(-c4ccccc4)o3)CC(c3ccc(CO)cc3)O2)c1)c1ccccc1. The molecular formula is C39H34N2O6S2. The highest BCUT2D eigenvalue weighted by atomic mass is 32.2. The van der Waals surface area contributed by atoms with E-state index >= 15 is 0 Å². The lowest BCUT2D eigenvalue weighted by Gasteiger charge is -2.36. The third-order valence-corrected chi connectivity index (χ3v) is 10.5. The van der Waals surface area contributed by atoms with Crippen LogP contribution in [0, 0.1) is 0 Å². The van der Waals surface area contributed by atoms with Gasteiger partial charge in [0.15, 0.2) is 12.1 Å². The maximum absolute atomic E-state index is 13.0. The van der Waals surface area contributed by atoms with Crippen LogP contribution < -0.4 is 4.72 Å². The molecule has 0 saturated carbocycles. The third-order valence-electron chi connectivity index (χ3n) is 8.16. The van der Waals surface area contributed by atoms with Gasteiger partial charge in [-0.15, -0.1) is 0 Å². The zero-order valence-corrected chi connectivity index (χ0v) is 28.0. The number of hydrogen-bond acceptors (Lipinski definition) is 8. The molecule has 248 valence electrons. The van der Waals surface area contributed by atoms with E-state index in [4.69, 9.17) is 18.9 Å². The van der Waals surface area contributed by atoms with Crippen LogP contribution in [0.5, 0.6) is 0 Å². The molecule has 5 aromatic carbocycles. The van der Waals surface area contributed by atoms with E-state index in [2.05, 4.69) is 4.72 Å². The Labute approximate surface area is 289 Å². The average molecular weight is 691 g/mol. The van der Waals surface area contributed by atoms with Gasteiger partial charge in [0.05, 0.1) is 23.7 Å². The standard InChI is InChI=1S/C39H34N2O6S2/c42-25-27-19-21-28(22-20-27)35-24-33(26-48-39-40-36(29-11-4-1-5-12-29)37(47-39)30-13-6-2-7-14-30)45-38(46-35)31-15-10-16-32(23-31)41-49(43,44)34-17-8-3-9-18-34/h1-23,33,35,38,41-42H,24-26H2. The zero-order chi connectivity index (χ0) is 33.6. The predicted molar refractivity (Wildman–Crippen MR) is 190 cm³/mol. The molecule has 10 heteroatoms. The van der Waals surface area contributed by atoms with Gasteiger partial charge >= 0.3 is 0 Å². The number of anilines is 1. The van der Waals surface area contributed by atoms with Crippen LogP contribution in [0.1, 0.15) is 35.5 Å². The van der Waals surface area contributed by atoms with Crippen molar-refractivity contribution in [1.29, 1.82) is 0 Å². The second-order valence-corrected chi connectivity index (χ2v) is 14.2. The first kappa shape index (κ1) is 32.8. The summed E-state index contributed by atoms with van der Waals surface area (Å²) < 4.78 is 48.2. The molecule has 1 aliphatic heterocycles. The topological polar surface area (TPSA) is 111 Å². The molecule has 2 heterocycles. The minimum Gasteiger partial charge on any atom is -0.431 e. The van der Waals surface area contributed by atoms with Crippen molar-refractivity contribution in [2.75, 3.05) is 10.5 Å². The Balaban J connectivity index is 1.14. The Morgan fingerprint density at radius 2 is 1.43 bits per heavy atom. The number of rotatable bonds is 11. The van der Waals surface area contributed by atoms with Gasteiger partial charge in [0, 0.05) is 34.6 Å². The van der Waals surface area contributed by atoms with E-state index in [0.29, 0.717) is 34.4 Å². The van der Waals surface area contributed by atoms with Crippen molar-refractivity contribution < 1.29 is 27.4 Å². The number of aliphatic hydroxyl groups excluding tert-OH is 1. The molecule has 0 amide bonds. The monoisotopic (exact) mass is 690 g/mol. The molecule has 1 fully saturated rings. The summed E-state index contributed by atoms with van der Waals surface area (Å²) in [6.45, 7) is -0.0471. The number of aromatic nitrogens is 1. The molecule has 1 saturated heterocycles. The van der Waals surface area contributed by atoms with Crippen LogP contribution in [0.4, 0.5) is 5.69 Å². The van der Waals surface area contributed by atoms with Crippen LogP contribution >= 0.6 is 11.8 Å². The minimum atomic E-state index is -3.79. The number of ether oxygens (including phenoxy) is 2. The van der Waals surface area contributed by atoms with Gasteiger partial charge < -0.3 is 19.0 Å². The number of aliphatic hydroxyl groups is 1. The maximum Gasteiger partial charge on any atom is 0.261 e. The van der Waals surface area contributed by atoms with Crippen LogP contribution in [0.25, 0.3) is 22.6 Å². The molecule has 0 bridgehead atoms. The lowest BCUT2D eigenvalue weighted by atomic mass is 10.0. The highest BCUT2D eigenvalue weighted by Gasteiger charge is 2.33. The fourth-order valence-corrected chi connectivity index (χ4v) is 7.60. The quantitative estimate of drug-likeness (QED) is 0.130. The second kappa shape index (κ2) is 14.8. The van der Waals surface area contributed by atoms with Crippen LogP contribution in [0.2, 0.25) is 0 Å². The molecule has 2 N–H and O–H groups in total. The van der Waals surface area contributed by atoms with E-state index in [1.54, 1.807) is 48.5 Å². The van der Waals surface area contributed by atoms with Gasteiger partial charge in [-0.3, -0.25) is 4.72 Å².